The molecule has 0 radical (unpaired) electrons. The van der Waals surface area contributed by atoms with Crippen molar-refractivity contribution in [3.05, 3.63) is 35.8 Å². The predicted octanol–water partition coefficient (Wildman–Crippen LogP) is 1.12. The van der Waals surface area contributed by atoms with E-state index in [1.54, 1.807) is 6.07 Å². The van der Waals surface area contributed by atoms with Gasteiger partial charge in [-0.2, -0.15) is 0 Å². The topological polar surface area (TPSA) is 85.3 Å². The van der Waals surface area contributed by atoms with Crippen molar-refractivity contribution in [2.75, 3.05) is 12.0 Å². The van der Waals surface area contributed by atoms with E-state index in [-0.39, 0.29) is 11.6 Å². The molecule has 0 saturated carbocycles. The van der Waals surface area contributed by atoms with Gasteiger partial charge in [-0.3, -0.25) is 5.84 Å². The molecule has 0 bridgehead atoms. The molecule has 5 nitrogen and oxygen atoms in total. The summed E-state index contributed by atoms with van der Waals surface area (Å²) in [5.74, 6) is 5.11. The van der Waals surface area contributed by atoms with E-state index in [9.17, 15) is 12.8 Å². The monoisotopic (exact) mass is 272 g/mol. The number of hydrogen-bond acceptors (Lipinski definition) is 5. The van der Waals surface area contributed by atoms with Crippen LogP contribution in [0.4, 0.5) is 4.39 Å². The Bertz CT molecular complexity index is 666. The molecule has 1 heterocycles. The van der Waals surface area contributed by atoms with Gasteiger partial charge in [-0.15, -0.1) is 0 Å². The summed E-state index contributed by atoms with van der Waals surface area (Å²) in [4.78, 5) is 0. The molecule has 0 aliphatic heterocycles. The Kier molecular flexibility index (Phi) is 3.38. The van der Waals surface area contributed by atoms with Crippen molar-refractivity contribution >= 4 is 20.8 Å². The zero-order valence-electron chi connectivity index (χ0n) is 9.68. The summed E-state index contributed by atoms with van der Waals surface area (Å²) in [5, 5.41) is 0.568. The highest BCUT2D eigenvalue weighted by molar-refractivity contribution is 7.90. The highest BCUT2D eigenvalue weighted by Crippen LogP contribution is 2.25. The minimum atomic E-state index is -3.21. The first-order valence-electron chi connectivity index (χ1n) is 5.22. The third-order valence-corrected chi connectivity index (χ3v) is 3.45. The van der Waals surface area contributed by atoms with Gasteiger partial charge in [0, 0.05) is 11.6 Å². The van der Waals surface area contributed by atoms with E-state index in [1.807, 2.05) is 0 Å². The van der Waals surface area contributed by atoms with Crippen molar-refractivity contribution in [3.8, 4) is 0 Å². The van der Waals surface area contributed by atoms with E-state index in [2.05, 4.69) is 5.43 Å². The van der Waals surface area contributed by atoms with Crippen LogP contribution in [0, 0.1) is 5.82 Å². The number of rotatable bonds is 4. The predicted molar refractivity (Wildman–Crippen MR) is 65.9 cm³/mol. The highest BCUT2D eigenvalue weighted by atomic mass is 32.2. The fraction of sp³-hybridized carbons (Fsp3) is 0.273. The van der Waals surface area contributed by atoms with Gasteiger partial charge >= 0.3 is 0 Å². The smallest absolute Gasteiger partial charge is 0.149 e. The van der Waals surface area contributed by atoms with E-state index in [1.165, 1.54) is 18.2 Å². The van der Waals surface area contributed by atoms with E-state index >= 15 is 0 Å². The number of halogens is 1. The van der Waals surface area contributed by atoms with Crippen molar-refractivity contribution in [1.29, 1.82) is 0 Å². The molecule has 7 heteroatoms. The van der Waals surface area contributed by atoms with Gasteiger partial charge < -0.3 is 4.42 Å². The zero-order valence-corrected chi connectivity index (χ0v) is 10.5. The molecule has 2 rings (SSSR count). The van der Waals surface area contributed by atoms with E-state index in [4.69, 9.17) is 10.3 Å². The maximum absolute atomic E-state index is 13.0. The van der Waals surface area contributed by atoms with Crippen LogP contribution in [0.1, 0.15) is 11.8 Å². The Hall–Kier alpha value is -1.44. The number of sulfone groups is 1. The minimum absolute atomic E-state index is 0.189. The summed E-state index contributed by atoms with van der Waals surface area (Å²) in [6.45, 7) is 0. The molecule has 0 spiro atoms. The fourth-order valence-electron chi connectivity index (χ4n) is 1.72. The molecular formula is C11H13FN2O3S. The standard InChI is InChI=1S/C11H13FN2O3S/c1-18(15,16)6-9(14-13)11-5-7-4-8(12)2-3-10(7)17-11/h2-5,9,14H,6,13H2,1H3. The molecule has 0 amide bonds. The van der Waals surface area contributed by atoms with Crippen LogP contribution < -0.4 is 11.3 Å². The average molecular weight is 272 g/mol. The summed E-state index contributed by atoms with van der Waals surface area (Å²) in [5.41, 5.74) is 2.87. The first-order chi connectivity index (χ1) is 8.39. The second-order valence-electron chi connectivity index (χ2n) is 4.14. The molecule has 0 aliphatic carbocycles. The van der Waals surface area contributed by atoms with E-state index in [0.717, 1.165) is 6.26 Å². The number of nitrogens with one attached hydrogen (secondary N) is 1. The van der Waals surface area contributed by atoms with Gasteiger partial charge in [-0.1, -0.05) is 0 Å². The zero-order chi connectivity index (χ0) is 13.3. The Morgan fingerprint density at radius 1 is 1.44 bits per heavy atom. The highest BCUT2D eigenvalue weighted by Gasteiger charge is 2.20. The average Bonchev–Trinajstić information content (AvgIpc) is 2.67. The third-order valence-electron chi connectivity index (χ3n) is 2.51. The Labute approximate surface area is 104 Å². The second-order valence-corrected chi connectivity index (χ2v) is 6.33. The summed E-state index contributed by atoms with van der Waals surface area (Å²) in [6.07, 6.45) is 1.11. The SMILES string of the molecule is CS(=O)(=O)CC(NN)c1cc2cc(F)ccc2o1. The molecule has 0 aliphatic rings. The number of hydrogen-bond donors (Lipinski definition) is 2. The van der Waals surface area contributed by atoms with Crippen LogP contribution in [0.15, 0.2) is 28.7 Å². The normalized spacial score (nSPS) is 13.9. The van der Waals surface area contributed by atoms with Crippen LogP contribution in [0.3, 0.4) is 0 Å². The van der Waals surface area contributed by atoms with Crippen LogP contribution in [-0.4, -0.2) is 20.4 Å². The molecule has 18 heavy (non-hydrogen) atoms. The van der Waals surface area contributed by atoms with Crippen molar-refractivity contribution in [3.63, 3.8) is 0 Å². The molecule has 0 fully saturated rings. The third kappa shape index (κ3) is 2.87. The maximum atomic E-state index is 13.0. The molecule has 3 N–H and O–H groups in total. The van der Waals surface area contributed by atoms with E-state index < -0.39 is 15.9 Å². The molecule has 1 atom stereocenters. The fourth-order valence-corrected chi connectivity index (χ4v) is 2.59. The summed E-state index contributed by atoms with van der Waals surface area (Å²) >= 11 is 0. The van der Waals surface area contributed by atoms with Crippen LogP contribution in [0.5, 0.6) is 0 Å². The van der Waals surface area contributed by atoms with Crippen molar-refractivity contribution in [2.45, 2.75) is 6.04 Å². The van der Waals surface area contributed by atoms with Gasteiger partial charge in [-0.05, 0) is 24.3 Å². The Balaban J connectivity index is 2.39. The summed E-state index contributed by atoms with van der Waals surface area (Å²) in [6, 6.07) is 5.00. The first-order valence-corrected chi connectivity index (χ1v) is 7.28. The molecule has 1 aromatic carbocycles. The van der Waals surface area contributed by atoms with Gasteiger partial charge in [0.05, 0.1) is 11.8 Å². The van der Waals surface area contributed by atoms with Gasteiger partial charge in [0.2, 0.25) is 0 Å². The molecule has 98 valence electrons. The van der Waals surface area contributed by atoms with Gasteiger partial charge in [0.1, 0.15) is 27.0 Å². The minimum Gasteiger partial charge on any atom is -0.459 e. The molecule has 1 aromatic heterocycles. The largest absolute Gasteiger partial charge is 0.459 e. The van der Waals surface area contributed by atoms with Gasteiger partial charge in [-0.25, -0.2) is 18.2 Å². The molecule has 2 aromatic rings. The maximum Gasteiger partial charge on any atom is 0.149 e. The van der Waals surface area contributed by atoms with Crippen LogP contribution >= 0.6 is 0 Å². The lowest BCUT2D eigenvalue weighted by Crippen LogP contribution is -2.32. The lowest BCUT2D eigenvalue weighted by atomic mass is 10.2. The Morgan fingerprint density at radius 2 is 2.17 bits per heavy atom. The summed E-state index contributed by atoms with van der Waals surface area (Å²) < 4.78 is 41.0. The first kappa shape index (κ1) is 13.0. The lowest BCUT2D eigenvalue weighted by Gasteiger charge is -2.11. The number of hydrazine groups is 1. The number of fused-ring (bicyclic) bond motifs is 1. The van der Waals surface area contributed by atoms with Crippen LogP contribution in [0.2, 0.25) is 0 Å². The molecule has 1 unspecified atom stereocenters. The van der Waals surface area contributed by atoms with Gasteiger partial charge in [0.25, 0.3) is 0 Å². The lowest BCUT2D eigenvalue weighted by molar-refractivity contribution is 0.457. The van der Waals surface area contributed by atoms with Gasteiger partial charge in [0.15, 0.2) is 0 Å². The number of nitrogens with two attached hydrogens (primary N) is 1. The van der Waals surface area contributed by atoms with Crippen molar-refractivity contribution < 1.29 is 17.2 Å². The Morgan fingerprint density at radius 3 is 2.78 bits per heavy atom. The van der Waals surface area contributed by atoms with Crippen LogP contribution in [0.25, 0.3) is 11.0 Å². The van der Waals surface area contributed by atoms with Crippen molar-refractivity contribution in [1.82, 2.24) is 5.43 Å². The summed E-state index contributed by atoms with van der Waals surface area (Å²) in [7, 11) is -3.21. The van der Waals surface area contributed by atoms with Crippen LogP contribution in [-0.2, 0) is 9.84 Å². The number of benzene rings is 1. The molecule has 0 saturated heterocycles. The second kappa shape index (κ2) is 4.68. The van der Waals surface area contributed by atoms with E-state index in [0.29, 0.717) is 16.7 Å². The van der Waals surface area contributed by atoms with Crippen molar-refractivity contribution in [2.24, 2.45) is 5.84 Å². The number of furan rings is 1. The quantitative estimate of drug-likeness (QED) is 0.643. The molecular weight excluding hydrogens is 259 g/mol.